The van der Waals surface area contributed by atoms with Crippen LogP contribution >= 0.6 is 24.8 Å². The number of ether oxygens (including phenoxy) is 1. The molecule has 0 spiro atoms. The van der Waals surface area contributed by atoms with Crippen molar-refractivity contribution in [2.45, 2.75) is 52.1 Å². The van der Waals surface area contributed by atoms with E-state index in [1.165, 1.54) is 11.1 Å². The minimum Gasteiger partial charge on any atom is -0.488 e. The van der Waals surface area contributed by atoms with E-state index < -0.39 is 0 Å². The molecule has 0 heterocycles. The van der Waals surface area contributed by atoms with E-state index in [1.807, 2.05) is 6.07 Å². The number of allylic oxidation sites excluding steroid dienone is 4. The molecule has 1 aliphatic rings. The van der Waals surface area contributed by atoms with Crippen LogP contribution in [0.25, 0.3) is 0 Å². The largest absolute Gasteiger partial charge is 0.488 e. The molecule has 1 aromatic carbocycles. The molecule has 22 heavy (non-hydrogen) atoms. The van der Waals surface area contributed by atoms with Gasteiger partial charge in [-0.15, -0.1) is 31.2 Å². The second kappa shape index (κ2) is 9.18. The Kier molecular flexibility index (Phi) is 10.0. The smallest absolute Gasteiger partial charge is 0.124 e. The summed E-state index contributed by atoms with van der Waals surface area (Å²) in [4.78, 5) is 0. The molecule has 0 aliphatic heterocycles. The van der Waals surface area contributed by atoms with Crippen LogP contribution in [-0.4, -0.2) is 5.60 Å². The van der Waals surface area contributed by atoms with E-state index in [1.54, 1.807) is 0 Å². The van der Waals surface area contributed by atoms with Crippen LogP contribution in [0.5, 0.6) is 5.75 Å². The molecule has 0 aromatic heterocycles. The normalized spacial score (nSPS) is 13.4. The Morgan fingerprint density at radius 2 is 1.59 bits per heavy atom. The third kappa shape index (κ3) is 5.78. The molecule has 0 amide bonds. The van der Waals surface area contributed by atoms with E-state index >= 15 is 0 Å². The summed E-state index contributed by atoms with van der Waals surface area (Å²) in [5, 5.41) is 0. The van der Waals surface area contributed by atoms with Gasteiger partial charge in [-0.05, 0) is 32.3 Å². The predicted molar refractivity (Wildman–Crippen MR) is 94.9 cm³/mol. The molecule has 0 bridgehead atoms. The third-order valence-electron chi connectivity index (χ3n) is 3.34. The molecule has 0 radical (unpaired) electrons. The average Bonchev–Trinajstić information content (AvgIpc) is 2.81. The van der Waals surface area contributed by atoms with Gasteiger partial charge in [-0.25, -0.2) is 11.6 Å². The van der Waals surface area contributed by atoms with Crippen LogP contribution in [0.4, 0.5) is 0 Å². The Balaban J connectivity index is 0. The molecule has 0 saturated carbocycles. The van der Waals surface area contributed by atoms with Crippen molar-refractivity contribution < 1.29 is 26.5 Å². The first-order valence-corrected chi connectivity index (χ1v) is 6.87. The van der Waals surface area contributed by atoms with Gasteiger partial charge in [0.15, 0.2) is 0 Å². The molecule has 4 heteroatoms. The first-order valence-electron chi connectivity index (χ1n) is 6.87. The van der Waals surface area contributed by atoms with E-state index in [0.29, 0.717) is 0 Å². The van der Waals surface area contributed by atoms with Gasteiger partial charge in [0.25, 0.3) is 0 Å². The maximum Gasteiger partial charge on any atom is 0.124 e. The monoisotopic (exact) mass is 375 g/mol. The molecule has 0 N–H and O–H groups in total. The zero-order valence-corrected chi connectivity index (χ0v) is 17.1. The number of halogens is 2. The quantitative estimate of drug-likeness (QED) is 0.488. The van der Waals surface area contributed by atoms with Gasteiger partial charge >= 0.3 is 0 Å². The van der Waals surface area contributed by atoms with Crippen LogP contribution < -0.4 is 4.74 Å². The van der Waals surface area contributed by atoms with Gasteiger partial charge in [0.1, 0.15) is 11.4 Å². The van der Waals surface area contributed by atoms with Crippen molar-refractivity contribution >= 4 is 24.8 Å². The molecule has 1 aliphatic carbocycles. The number of benzene rings is 1. The first kappa shape index (κ1) is 24.1. The zero-order chi connectivity index (χ0) is 14.1. The summed E-state index contributed by atoms with van der Waals surface area (Å²) in [6.07, 6.45) is 8.68. The van der Waals surface area contributed by atoms with Crippen molar-refractivity contribution in [3.05, 3.63) is 53.6 Å². The number of hydrogen-bond acceptors (Lipinski definition) is 1. The third-order valence-corrected chi connectivity index (χ3v) is 3.34. The van der Waals surface area contributed by atoms with Crippen molar-refractivity contribution in [3.63, 3.8) is 0 Å². The van der Waals surface area contributed by atoms with Gasteiger partial charge in [-0.1, -0.05) is 32.0 Å². The first-order chi connectivity index (χ1) is 8.81. The summed E-state index contributed by atoms with van der Waals surface area (Å²) >= 11 is 0. The molecular formula is C18H25Cl2OTi-. The van der Waals surface area contributed by atoms with Crippen molar-refractivity contribution in [1.29, 1.82) is 0 Å². The van der Waals surface area contributed by atoms with E-state index in [4.69, 9.17) is 4.74 Å². The van der Waals surface area contributed by atoms with Gasteiger partial charge < -0.3 is 4.74 Å². The van der Waals surface area contributed by atoms with Crippen LogP contribution in [0.1, 0.15) is 46.6 Å². The Morgan fingerprint density at radius 1 is 1.00 bits per heavy atom. The topological polar surface area (TPSA) is 9.23 Å². The van der Waals surface area contributed by atoms with Crippen molar-refractivity contribution in [1.82, 2.24) is 0 Å². The Hall–Kier alpha value is -0.206. The summed E-state index contributed by atoms with van der Waals surface area (Å²) in [6.45, 7) is 10.7. The fourth-order valence-electron chi connectivity index (χ4n) is 2.38. The van der Waals surface area contributed by atoms with Gasteiger partial charge in [0, 0.05) is 27.3 Å². The number of para-hydroxylation sites is 1. The number of hydrogen-bond donors (Lipinski definition) is 0. The fraction of sp³-hybridized carbons (Fsp3) is 0.444. The zero-order valence-electron chi connectivity index (χ0n) is 13.9. The van der Waals surface area contributed by atoms with Crippen LogP contribution in [0.15, 0.2) is 42.0 Å². The minimum atomic E-state index is -0.185. The van der Waals surface area contributed by atoms with Crippen LogP contribution in [0, 0.1) is 6.08 Å². The number of rotatable bonds is 3. The summed E-state index contributed by atoms with van der Waals surface area (Å²) in [7, 11) is 0. The maximum atomic E-state index is 6.11. The standard InChI is InChI=1S/C18H23O.2ClH.Ti/c1-17(2,3)19-16-13-9-8-12-15(16)18(4,5)14-10-6-7-11-14;;;/h6,8-10,12-13H,7H2,1-5H3;2*1H;/q-1;;;. The fourth-order valence-corrected chi connectivity index (χ4v) is 2.38. The Labute approximate surface area is 162 Å². The van der Waals surface area contributed by atoms with E-state index in [9.17, 15) is 0 Å². The van der Waals surface area contributed by atoms with Crippen LogP contribution in [-0.2, 0) is 27.1 Å². The SMILES string of the molecule is CC(C)(C)Oc1ccccc1C(C)(C)C1=[C-]CC=C1.Cl.Cl.[Ti]. The predicted octanol–water partition coefficient (Wildman–Crippen LogP) is 5.67. The van der Waals surface area contributed by atoms with Gasteiger partial charge in [0.05, 0.1) is 0 Å². The van der Waals surface area contributed by atoms with E-state index in [-0.39, 0.29) is 57.5 Å². The molecule has 1 nitrogen and oxygen atoms in total. The molecule has 1 aromatic rings. The maximum absolute atomic E-state index is 6.11. The Bertz CT molecular complexity index is 528. The molecule has 2 rings (SSSR count). The molecule has 0 fully saturated rings. The minimum absolute atomic E-state index is 0. The van der Waals surface area contributed by atoms with E-state index in [2.05, 4.69) is 71.0 Å². The summed E-state index contributed by atoms with van der Waals surface area (Å²) < 4.78 is 6.11. The summed E-state index contributed by atoms with van der Waals surface area (Å²) in [5.74, 6) is 0.967. The van der Waals surface area contributed by atoms with Gasteiger partial charge in [-0.3, -0.25) is 6.08 Å². The van der Waals surface area contributed by atoms with Gasteiger partial charge in [-0.2, -0.15) is 6.08 Å². The summed E-state index contributed by atoms with van der Waals surface area (Å²) in [6, 6.07) is 8.32. The van der Waals surface area contributed by atoms with Crippen molar-refractivity contribution in [2.24, 2.45) is 0 Å². The molecular weight excluding hydrogens is 351 g/mol. The summed E-state index contributed by atoms with van der Waals surface area (Å²) in [5.41, 5.74) is 2.21. The van der Waals surface area contributed by atoms with E-state index in [0.717, 1.165) is 12.2 Å². The average molecular weight is 376 g/mol. The van der Waals surface area contributed by atoms with Crippen LogP contribution in [0.3, 0.4) is 0 Å². The van der Waals surface area contributed by atoms with Crippen molar-refractivity contribution in [2.75, 3.05) is 0 Å². The van der Waals surface area contributed by atoms with Crippen molar-refractivity contribution in [3.8, 4) is 5.75 Å². The second-order valence-electron chi connectivity index (χ2n) is 6.53. The van der Waals surface area contributed by atoms with Gasteiger partial charge in [0.2, 0.25) is 0 Å². The molecule has 122 valence electrons. The molecule has 0 unspecified atom stereocenters. The second-order valence-corrected chi connectivity index (χ2v) is 6.53. The molecule has 0 atom stereocenters. The molecule has 0 saturated heterocycles. The Morgan fingerprint density at radius 3 is 2.09 bits per heavy atom. The van der Waals surface area contributed by atoms with Crippen LogP contribution in [0.2, 0.25) is 0 Å².